The minimum Gasteiger partial charge on any atom is -0.350 e. The maximum Gasteiger partial charge on any atom is 0.237 e. The van der Waals surface area contributed by atoms with Crippen LogP contribution >= 0.6 is 0 Å². The summed E-state index contributed by atoms with van der Waals surface area (Å²) in [5.74, 6) is 0.907. The van der Waals surface area contributed by atoms with Crippen LogP contribution in [0.25, 0.3) is 0 Å². The highest BCUT2D eigenvalue weighted by molar-refractivity contribution is 5.85. The van der Waals surface area contributed by atoms with Crippen LogP contribution in [0.15, 0.2) is 0 Å². The zero-order valence-corrected chi connectivity index (χ0v) is 10.8. The number of likely N-dealkylation sites (tertiary alicyclic amines) is 1. The van der Waals surface area contributed by atoms with Crippen molar-refractivity contribution in [1.29, 1.82) is 0 Å². The summed E-state index contributed by atoms with van der Waals surface area (Å²) in [4.78, 5) is 25.8. The number of hydrogen-bond donors (Lipinski definition) is 2. The van der Waals surface area contributed by atoms with Gasteiger partial charge in [0.2, 0.25) is 11.8 Å². The molecule has 3 fully saturated rings. The van der Waals surface area contributed by atoms with Crippen LogP contribution < -0.4 is 10.6 Å². The Morgan fingerprint density at radius 1 is 1.50 bits per heavy atom. The molecular formula is C13H21N3O2. The third-order valence-electron chi connectivity index (χ3n) is 4.35. The Bertz CT molecular complexity index is 365. The average molecular weight is 251 g/mol. The van der Waals surface area contributed by atoms with Crippen LogP contribution in [0.4, 0.5) is 0 Å². The van der Waals surface area contributed by atoms with Gasteiger partial charge in [-0.05, 0) is 31.7 Å². The number of amides is 2. The lowest BCUT2D eigenvalue weighted by molar-refractivity contribution is -0.128. The summed E-state index contributed by atoms with van der Waals surface area (Å²) in [6.45, 7) is 3.80. The van der Waals surface area contributed by atoms with E-state index in [4.69, 9.17) is 0 Å². The topological polar surface area (TPSA) is 61.4 Å². The van der Waals surface area contributed by atoms with E-state index in [1.807, 2.05) is 4.90 Å². The van der Waals surface area contributed by atoms with Crippen molar-refractivity contribution in [1.82, 2.24) is 15.5 Å². The van der Waals surface area contributed by atoms with Crippen molar-refractivity contribution in [2.75, 3.05) is 13.1 Å². The molecule has 1 aliphatic carbocycles. The monoisotopic (exact) mass is 251 g/mol. The maximum absolute atomic E-state index is 12.0. The molecule has 0 bridgehead atoms. The summed E-state index contributed by atoms with van der Waals surface area (Å²) in [6, 6.07) is 0.401. The van der Waals surface area contributed by atoms with Crippen molar-refractivity contribution in [2.45, 2.75) is 50.7 Å². The smallest absolute Gasteiger partial charge is 0.237 e. The van der Waals surface area contributed by atoms with E-state index in [0.717, 1.165) is 25.8 Å². The Morgan fingerprint density at radius 2 is 2.28 bits per heavy atom. The van der Waals surface area contributed by atoms with Crippen LogP contribution in [-0.4, -0.2) is 47.9 Å². The van der Waals surface area contributed by atoms with E-state index < -0.39 is 0 Å². The fourth-order valence-corrected chi connectivity index (χ4v) is 3.10. The van der Waals surface area contributed by atoms with E-state index in [2.05, 4.69) is 17.6 Å². The molecule has 0 radical (unpaired) electrons. The molecule has 2 amide bonds. The molecule has 0 spiro atoms. The first kappa shape index (κ1) is 12.0. The van der Waals surface area contributed by atoms with E-state index >= 15 is 0 Å². The predicted octanol–water partition coefficient (Wildman–Crippen LogP) is -0.136. The van der Waals surface area contributed by atoms with Crippen LogP contribution in [0.3, 0.4) is 0 Å². The van der Waals surface area contributed by atoms with Crippen LogP contribution in [0.2, 0.25) is 0 Å². The molecule has 1 saturated carbocycles. The standard InChI is InChI=1S/C13H21N3O2/c1-8-5-11(8)16-7-9(6-12(16)17)15-13(18)10-3-2-4-14-10/h8-11,14H,2-7H2,1H3,(H,15,18)/t8-,9-,10+,11-/m1/s1. The fourth-order valence-electron chi connectivity index (χ4n) is 3.10. The number of nitrogens with one attached hydrogen (secondary N) is 2. The van der Waals surface area contributed by atoms with Gasteiger partial charge >= 0.3 is 0 Å². The van der Waals surface area contributed by atoms with Crippen molar-refractivity contribution in [3.63, 3.8) is 0 Å². The average Bonchev–Trinajstić information content (AvgIpc) is 2.80. The van der Waals surface area contributed by atoms with E-state index in [9.17, 15) is 9.59 Å². The second-order valence-electron chi connectivity index (χ2n) is 5.89. The summed E-state index contributed by atoms with van der Waals surface area (Å²) < 4.78 is 0. The summed E-state index contributed by atoms with van der Waals surface area (Å²) in [6.07, 6.45) is 3.57. The van der Waals surface area contributed by atoms with Crippen LogP contribution in [0, 0.1) is 5.92 Å². The summed E-state index contributed by atoms with van der Waals surface area (Å²) in [5, 5.41) is 6.20. The first-order valence-corrected chi connectivity index (χ1v) is 6.98. The number of nitrogens with zero attached hydrogens (tertiary/aromatic N) is 1. The zero-order chi connectivity index (χ0) is 12.7. The van der Waals surface area contributed by atoms with Crippen molar-refractivity contribution >= 4 is 11.8 Å². The second kappa shape index (κ2) is 4.53. The highest BCUT2D eigenvalue weighted by atomic mass is 16.2. The molecule has 0 aromatic rings. The van der Waals surface area contributed by atoms with Crippen LogP contribution in [-0.2, 0) is 9.59 Å². The quantitative estimate of drug-likeness (QED) is 0.734. The van der Waals surface area contributed by atoms with E-state index in [-0.39, 0.29) is 23.9 Å². The minimum absolute atomic E-state index is 0.0141. The van der Waals surface area contributed by atoms with Crippen molar-refractivity contribution in [2.24, 2.45) is 5.92 Å². The highest BCUT2D eigenvalue weighted by Crippen LogP contribution is 2.37. The lowest BCUT2D eigenvalue weighted by Gasteiger charge is -2.18. The van der Waals surface area contributed by atoms with Gasteiger partial charge in [-0.1, -0.05) is 6.92 Å². The molecule has 5 nitrogen and oxygen atoms in total. The Kier molecular flexibility index (Phi) is 3.01. The zero-order valence-electron chi connectivity index (χ0n) is 10.8. The predicted molar refractivity (Wildman–Crippen MR) is 66.9 cm³/mol. The minimum atomic E-state index is -0.0472. The number of carbonyl (C=O) groups is 2. The second-order valence-corrected chi connectivity index (χ2v) is 5.89. The van der Waals surface area contributed by atoms with Crippen molar-refractivity contribution in [3.05, 3.63) is 0 Å². The molecule has 4 atom stereocenters. The molecule has 2 aliphatic heterocycles. The molecule has 5 heteroatoms. The molecule has 0 aromatic heterocycles. The summed E-state index contributed by atoms with van der Waals surface area (Å²) >= 11 is 0. The van der Waals surface area contributed by atoms with Crippen LogP contribution in [0.5, 0.6) is 0 Å². The first-order chi connectivity index (χ1) is 8.65. The van der Waals surface area contributed by atoms with Gasteiger partial charge in [0.25, 0.3) is 0 Å². The molecule has 2 heterocycles. The van der Waals surface area contributed by atoms with Crippen LogP contribution in [0.1, 0.15) is 32.6 Å². The van der Waals surface area contributed by atoms with Gasteiger partial charge in [-0.2, -0.15) is 0 Å². The Morgan fingerprint density at radius 3 is 2.89 bits per heavy atom. The third kappa shape index (κ3) is 2.23. The summed E-state index contributed by atoms with van der Waals surface area (Å²) in [5.41, 5.74) is 0. The highest BCUT2D eigenvalue weighted by Gasteiger charge is 2.45. The van der Waals surface area contributed by atoms with E-state index in [1.54, 1.807) is 0 Å². The van der Waals surface area contributed by atoms with Gasteiger partial charge in [0.05, 0.1) is 12.1 Å². The van der Waals surface area contributed by atoms with Gasteiger partial charge in [0.1, 0.15) is 0 Å². The Balaban J connectivity index is 1.52. The normalized spacial score (nSPS) is 39.2. The fraction of sp³-hybridized carbons (Fsp3) is 0.846. The van der Waals surface area contributed by atoms with E-state index in [1.165, 1.54) is 0 Å². The van der Waals surface area contributed by atoms with Gasteiger partial charge in [-0.25, -0.2) is 0 Å². The lowest BCUT2D eigenvalue weighted by atomic mass is 10.2. The number of carbonyl (C=O) groups excluding carboxylic acids is 2. The van der Waals surface area contributed by atoms with Gasteiger partial charge < -0.3 is 15.5 Å². The third-order valence-corrected chi connectivity index (χ3v) is 4.35. The molecule has 3 rings (SSSR count). The first-order valence-electron chi connectivity index (χ1n) is 6.98. The van der Waals surface area contributed by atoms with Crippen molar-refractivity contribution < 1.29 is 9.59 Å². The lowest BCUT2D eigenvalue weighted by Crippen LogP contribution is -2.46. The molecule has 2 N–H and O–H groups in total. The van der Waals surface area contributed by atoms with Crippen molar-refractivity contribution in [3.8, 4) is 0 Å². The molecule has 0 aromatic carbocycles. The van der Waals surface area contributed by atoms with E-state index in [0.29, 0.717) is 24.9 Å². The van der Waals surface area contributed by atoms with Gasteiger partial charge in [-0.3, -0.25) is 9.59 Å². The molecule has 18 heavy (non-hydrogen) atoms. The number of rotatable bonds is 3. The molecule has 3 aliphatic rings. The summed E-state index contributed by atoms with van der Waals surface area (Å²) in [7, 11) is 0. The Hall–Kier alpha value is -1.10. The molecule has 2 saturated heterocycles. The molecule has 100 valence electrons. The van der Waals surface area contributed by atoms with Gasteiger partial charge in [0.15, 0.2) is 0 Å². The molecular weight excluding hydrogens is 230 g/mol. The number of hydrogen-bond acceptors (Lipinski definition) is 3. The Labute approximate surface area is 107 Å². The van der Waals surface area contributed by atoms with Gasteiger partial charge in [-0.15, -0.1) is 0 Å². The molecule has 0 unspecified atom stereocenters. The largest absolute Gasteiger partial charge is 0.350 e. The van der Waals surface area contributed by atoms with Gasteiger partial charge in [0, 0.05) is 19.0 Å². The SMILES string of the molecule is C[C@@H]1C[C@H]1N1C[C@H](NC(=O)[C@@H]2CCCN2)CC1=O. The maximum atomic E-state index is 12.0.